The van der Waals surface area contributed by atoms with Crippen LogP contribution in [0.3, 0.4) is 0 Å². The van der Waals surface area contributed by atoms with Crippen LogP contribution in [0.25, 0.3) is 0 Å². The van der Waals surface area contributed by atoms with E-state index in [4.69, 9.17) is 25.8 Å². The lowest BCUT2D eigenvalue weighted by Gasteiger charge is -2.11. The van der Waals surface area contributed by atoms with Crippen molar-refractivity contribution in [2.75, 3.05) is 33.2 Å². The summed E-state index contributed by atoms with van der Waals surface area (Å²) in [5.41, 5.74) is 1.11. The first kappa shape index (κ1) is 16.2. The van der Waals surface area contributed by atoms with Crippen LogP contribution in [0.5, 0.6) is 17.5 Å². The number of aromatic nitrogens is 2. The van der Waals surface area contributed by atoms with Gasteiger partial charge in [-0.25, -0.2) is 4.98 Å². The van der Waals surface area contributed by atoms with Gasteiger partial charge in [0.25, 0.3) is 0 Å². The minimum atomic E-state index is 0.276. The Morgan fingerprint density at radius 1 is 1.09 bits per heavy atom. The first-order chi connectivity index (χ1) is 10.7. The van der Waals surface area contributed by atoms with E-state index in [0.717, 1.165) is 12.0 Å². The Bertz CT molecular complexity index is 637. The second-order valence-corrected chi connectivity index (χ2v) is 4.83. The van der Waals surface area contributed by atoms with Gasteiger partial charge in [0.2, 0.25) is 0 Å². The van der Waals surface area contributed by atoms with E-state index < -0.39 is 0 Å². The van der Waals surface area contributed by atoms with E-state index in [9.17, 15) is 0 Å². The van der Waals surface area contributed by atoms with Crippen LogP contribution >= 0.6 is 11.6 Å². The average Bonchev–Trinajstić information content (AvgIpc) is 2.56. The molecule has 0 aliphatic carbocycles. The number of nitrogens with one attached hydrogen (secondary N) is 1. The van der Waals surface area contributed by atoms with Gasteiger partial charge in [0.15, 0.2) is 17.3 Å². The molecule has 1 heterocycles. The summed E-state index contributed by atoms with van der Waals surface area (Å²) in [4.78, 5) is 8.09. The van der Waals surface area contributed by atoms with Gasteiger partial charge < -0.3 is 19.5 Å². The molecule has 0 spiro atoms. The van der Waals surface area contributed by atoms with Crippen molar-refractivity contribution in [1.82, 2.24) is 9.97 Å². The van der Waals surface area contributed by atoms with Crippen molar-refractivity contribution in [1.29, 1.82) is 0 Å². The number of rotatable bonds is 7. The molecule has 22 heavy (non-hydrogen) atoms. The number of hydrogen-bond donors (Lipinski definition) is 1. The molecule has 0 amide bonds. The van der Waals surface area contributed by atoms with Crippen molar-refractivity contribution >= 4 is 17.4 Å². The summed E-state index contributed by atoms with van der Waals surface area (Å²) in [6.07, 6.45) is 2.29. The zero-order valence-electron chi connectivity index (χ0n) is 12.7. The third-order valence-corrected chi connectivity index (χ3v) is 3.34. The summed E-state index contributed by atoms with van der Waals surface area (Å²) < 4.78 is 15.5. The second kappa shape index (κ2) is 7.70. The Morgan fingerprint density at radius 3 is 2.55 bits per heavy atom. The minimum Gasteiger partial charge on any atom is -0.493 e. The molecule has 0 saturated heterocycles. The van der Waals surface area contributed by atoms with Gasteiger partial charge in [-0.3, -0.25) is 0 Å². The van der Waals surface area contributed by atoms with Crippen LogP contribution in [0.1, 0.15) is 5.56 Å². The van der Waals surface area contributed by atoms with E-state index in [1.54, 1.807) is 14.2 Å². The van der Waals surface area contributed by atoms with Crippen LogP contribution in [0.15, 0.2) is 24.4 Å². The quantitative estimate of drug-likeness (QED) is 0.845. The Morgan fingerprint density at radius 2 is 1.86 bits per heavy atom. The Hall–Kier alpha value is -2.21. The van der Waals surface area contributed by atoms with Crippen LogP contribution in [0, 0.1) is 0 Å². The van der Waals surface area contributed by atoms with Crippen LogP contribution in [0.4, 0.5) is 5.82 Å². The van der Waals surface area contributed by atoms with Crippen molar-refractivity contribution in [3.63, 3.8) is 0 Å². The van der Waals surface area contributed by atoms with E-state index >= 15 is 0 Å². The summed E-state index contributed by atoms with van der Waals surface area (Å²) >= 11 is 6.04. The number of ether oxygens (including phenoxy) is 3. The molecule has 0 bridgehead atoms. The Balaban J connectivity index is 1.99. The second-order valence-electron chi connectivity index (χ2n) is 4.42. The summed E-state index contributed by atoms with van der Waals surface area (Å²) in [6.45, 7) is 0.662. The summed E-state index contributed by atoms with van der Waals surface area (Å²) in [5.74, 6) is 1.97. The van der Waals surface area contributed by atoms with Gasteiger partial charge in [-0.05, 0) is 24.1 Å². The molecule has 0 aliphatic heterocycles. The molecular weight excluding hydrogens is 306 g/mol. The zero-order chi connectivity index (χ0) is 15.9. The highest BCUT2D eigenvalue weighted by Crippen LogP contribution is 2.27. The van der Waals surface area contributed by atoms with E-state index in [-0.39, 0.29) is 6.01 Å². The smallest absolute Gasteiger partial charge is 0.318 e. The van der Waals surface area contributed by atoms with Crippen molar-refractivity contribution < 1.29 is 14.2 Å². The normalized spacial score (nSPS) is 10.2. The number of hydrogen-bond acceptors (Lipinski definition) is 6. The van der Waals surface area contributed by atoms with E-state index in [2.05, 4.69) is 15.3 Å². The molecule has 0 fully saturated rings. The SMILES string of the molecule is COc1ncc(Cl)c(NCCc2ccc(OC)c(OC)c2)n1. The topological polar surface area (TPSA) is 65.5 Å². The van der Waals surface area contributed by atoms with Gasteiger partial charge in [-0.15, -0.1) is 0 Å². The fourth-order valence-corrected chi connectivity index (χ4v) is 2.09. The summed E-state index contributed by atoms with van der Waals surface area (Å²) in [6, 6.07) is 6.10. The fraction of sp³-hybridized carbons (Fsp3) is 0.333. The minimum absolute atomic E-state index is 0.276. The monoisotopic (exact) mass is 323 g/mol. The molecule has 1 N–H and O–H groups in total. The van der Waals surface area contributed by atoms with Crippen molar-refractivity contribution in [3.05, 3.63) is 35.0 Å². The van der Waals surface area contributed by atoms with E-state index in [1.807, 2.05) is 18.2 Å². The maximum Gasteiger partial charge on any atom is 0.318 e. The fourth-order valence-electron chi connectivity index (χ4n) is 1.93. The molecule has 2 rings (SSSR count). The molecule has 2 aromatic rings. The third kappa shape index (κ3) is 3.92. The third-order valence-electron chi connectivity index (χ3n) is 3.06. The number of anilines is 1. The van der Waals surface area contributed by atoms with Crippen LogP contribution < -0.4 is 19.5 Å². The van der Waals surface area contributed by atoms with Crippen molar-refractivity contribution in [3.8, 4) is 17.5 Å². The van der Waals surface area contributed by atoms with Crippen LogP contribution in [-0.2, 0) is 6.42 Å². The summed E-state index contributed by atoms with van der Waals surface area (Å²) in [5, 5.41) is 3.62. The molecule has 0 saturated carbocycles. The molecule has 1 aromatic heterocycles. The Kier molecular flexibility index (Phi) is 5.66. The molecule has 1 aromatic carbocycles. The van der Waals surface area contributed by atoms with Crippen LogP contribution in [-0.4, -0.2) is 37.8 Å². The zero-order valence-corrected chi connectivity index (χ0v) is 13.5. The first-order valence-electron chi connectivity index (χ1n) is 6.69. The maximum absolute atomic E-state index is 6.04. The highest BCUT2D eigenvalue weighted by molar-refractivity contribution is 6.32. The molecular formula is C15H18ClN3O3. The highest BCUT2D eigenvalue weighted by Gasteiger charge is 2.07. The van der Waals surface area contributed by atoms with Crippen LogP contribution in [0.2, 0.25) is 5.02 Å². The number of nitrogens with zero attached hydrogens (tertiary/aromatic N) is 2. The van der Waals surface area contributed by atoms with Gasteiger partial charge >= 0.3 is 6.01 Å². The lowest BCUT2D eigenvalue weighted by molar-refractivity contribution is 0.354. The maximum atomic E-state index is 6.04. The lowest BCUT2D eigenvalue weighted by atomic mass is 10.1. The van der Waals surface area contributed by atoms with Crippen molar-refractivity contribution in [2.24, 2.45) is 0 Å². The van der Waals surface area contributed by atoms with Crippen molar-refractivity contribution in [2.45, 2.75) is 6.42 Å². The summed E-state index contributed by atoms with van der Waals surface area (Å²) in [7, 11) is 4.74. The Labute approximate surface area is 134 Å². The van der Waals surface area contributed by atoms with E-state index in [0.29, 0.717) is 28.9 Å². The molecule has 0 atom stereocenters. The number of benzene rings is 1. The average molecular weight is 324 g/mol. The predicted molar refractivity (Wildman–Crippen MR) is 85.3 cm³/mol. The first-order valence-corrected chi connectivity index (χ1v) is 7.07. The molecule has 118 valence electrons. The van der Waals surface area contributed by atoms with Gasteiger partial charge in [0, 0.05) is 6.54 Å². The highest BCUT2D eigenvalue weighted by atomic mass is 35.5. The predicted octanol–water partition coefficient (Wildman–Crippen LogP) is 2.81. The van der Waals surface area contributed by atoms with Gasteiger partial charge in [0.05, 0.1) is 27.5 Å². The largest absolute Gasteiger partial charge is 0.493 e. The number of methoxy groups -OCH3 is 3. The number of halogens is 1. The molecule has 0 aliphatic rings. The van der Waals surface area contributed by atoms with Gasteiger partial charge in [-0.2, -0.15) is 4.98 Å². The molecule has 0 unspecified atom stereocenters. The van der Waals surface area contributed by atoms with Gasteiger partial charge in [-0.1, -0.05) is 17.7 Å². The molecule has 6 nitrogen and oxygen atoms in total. The lowest BCUT2D eigenvalue weighted by Crippen LogP contribution is -2.08. The van der Waals surface area contributed by atoms with E-state index in [1.165, 1.54) is 13.3 Å². The molecule has 0 radical (unpaired) electrons. The van der Waals surface area contributed by atoms with Gasteiger partial charge in [0.1, 0.15) is 5.02 Å². The molecule has 7 heteroatoms. The standard InChI is InChI=1S/C15H18ClN3O3/c1-20-12-5-4-10(8-13(12)21-2)6-7-17-14-11(16)9-18-15(19-14)22-3/h4-5,8-9H,6-7H2,1-3H3,(H,17,18,19).